The van der Waals surface area contributed by atoms with E-state index in [0.717, 1.165) is 30.4 Å². The molecular weight excluding hydrogens is 405 g/mol. The number of para-hydroxylation sites is 1. The molecule has 0 radical (unpaired) electrons. The smallest absolute Gasteiger partial charge is 0.455 e. The van der Waals surface area contributed by atoms with Crippen molar-refractivity contribution in [3.8, 4) is 5.75 Å². The summed E-state index contributed by atoms with van der Waals surface area (Å²) in [6, 6.07) is 7.27. The van der Waals surface area contributed by atoms with Crippen LogP contribution in [-0.4, -0.2) is 47.1 Å². The van der Waals surface area contributed by atoms with Crippen molar-refractivity contribution < 1.29 is 24.4 Å². The van der Waals surface area contributed by atoms with Gasteiger partial charge in [0.1, 0.15) is 5.75 Å². The third-order valence-corrected chi connectivity index (χ3v) is 7.43. The Labute approximate surface area is 190 Å². The van der Waals surface area contributed by atoms with E-state index in [1.807, 2.05) is 18.2 Å². The summed E-state index contributed by atoms with van der Waals surface area (Å²) in [5.41, 5.74) is 4.31. The third kappa shape index (κ3) is 4.04. The zero-order valence-electron chi connectivity index (χ0n) is 19.1. The van der Waals surface area contributed by atoms with Gasteiger partial charge < -0.3 is 14.8 Å². The molecule has 32 heavy (non-hydrogen) atoms. The number of likely N-dealkylation sites (tertiary alicyclic amines) is 1. The molecule has 2 N–H and O–H groups in total. The lowest BCUT2D eigenvalue weighted by molar-refractivity contribution is -0.138. The van der Waals surface area contributed by atoms with Crippen LogP contribution in [0.4, 0.5) is 0 Å². The van der Waals surface area contributed by atoms with E-state index in [1.54, 1.807) is 19.2 Å². The van der Waals surface area contributed by atoms with Crippen molar-refractivity contribution in [2.24, 2.45) is 17.8 Å². The van der Waals surface area contributed by atoms with Crippen LogP contribution in [0.25, 0.3) is 6.08 Å². The van der Waals surface area contributed by atoms with Crippen LogP contribution in [0.3, 0.4) is 0 Å². The molecule has 1 aromatic rings. The highest BCUT2D eigenvalue weighted by atomic mass is 16.5. The van der Waals surface area contributed by atoms with E-state index in [9.17, 15) is 19.7 Å². The summed E-state index contributed by atoms with van der Waals surface area (Å²) < 4.78 is 6.01. The number of aromatic hydroxyl groups is 1. The van der Waals surface area contributed by atoms with E-state index in [1.165, 1.54) is 16.0 Å². The first kappa shape index (κ1) is 22.8. The van der Waals surface area contributed by atoms with Crippen molar-refractivity contribution in [1.29, 1.82) is 0 Å². The first-order chi connectivity index (χ1) is 15.3. The van der Waals surface area contributed by atoms with Crippen molar-refractivity contribution in [1.82, 2.24) is 4.90 Å². The maximum atomic E-state index is 12.9. The lowest BCUT2D eigenvalue weighted by Crippen LogP contribution is -2.46. The lowest BCUT2D eigenvalue weighted by atomic mass is 9.58. The number of benzene rings is 1. The number of nitrogens with zero attached hydrogens (tertiary/aromatic N) is 1. The van der Waals surface area contributed by atoms with Crippen molar-refractivity contribution >= 4 is 25.0 Å². The normalized spacial score (nSPS) is 28.3. The van der Waals surface area contributed by atoms with E-state index in [0.29, 0.717) is 19.2 Å². The van der Waals surface area contributed by atoms with Gasteiger partial charge in [-0.2, -0.15) is 0 Å². The number of hydrogen-bond acceptors (Lipinski definition) is 5. The van der Waals surface area contributed by atoms with Gasteiger partial charge in [-0.1, -0.05) is 49.3 Å². The zero-order valence-corrected chi connectivity index (χ0v) is 19.1. The minimum absolute atomic E-state index is 0.0959. The first-order valence-electron chi connectivity index (χ1n) is 11.7. The van der Waals surface area contributed by atoms with E-state index in [-0.39, 0.29) is 41.4 Å². The third-order valence-electron chi connectivity index (χ3n) is 7.43. The van der Waals surface area contributed by atoms with Crippen molar-refractivity contribution in [2.45, 2.75) is 58.4 Å². The van der Waals surface area contributed by atoms with Crippen LogP contribution in [-0.2, 0) is 14.2 Å². The summed E-state index contributed by atoms with van der Waals surface area (Å²) >= 11 is 0. The van der Waals surface area contributed by atoms with Crippen LogP contribution in [0.15, 0.2) is 41.0 Å². The highest BCUT2D eigenvalue weighted by Gasteiger charge is 2.56. The fraction of sp³-hybridized carbons (Fsp3) is 0.520. The summed E-state index contributed by atoms with van der Waals surface area (Å²) in [5.74, 6) is -0.812. The van der Waals surface area contributed by atoms with Gasteiger partial charge in [-0.3, -0.25) is 14.5 Å². The number of fused-ring (bicyclic) bond motifs is 3. The summed E-state index contributed by atoms with van der Waals surface area (Å²) in [6.07, 6.45) is 5.81. The van der Waals surface area contributed by atoms with Gasteiger partial charge in [-0.15, -0.1) is 0 Å². The Morgan fingerprint density at radius 1 is 1.22 bits per heavy atom. The molecule has 2 fully saturated rings. The molecule has 0 saturated carbocycles. The Balaban J connectivity index is 1.60. The molecule has 6 nitrogen and oxygen atoms in total. The van der Waals surface area contributed by atoms with Crippen LogP contribution in [0.2, 0.25) is 6.32 Å². The number of rotatable bonds is 6. The molecule has 1 aromatic carbocycles. The van der Waals surface area contributed by atoms with E-state index < -0.39 is 7.12 Å². The van der Waals surface area contributed by atoms with E-state index in [4.69, 9.17) is 4.65 Å². The number of hydrogen-bond donors (Lipinski definition) is 2. The molecule has 2 heterocycles. The molecule has 4 rings (SSSR count). The molecule has 170 valence electrons. The van der Waals surface area contributed by atoms with Gasteiger partial charge in [-0.25, -0.2) is 0 Å². The molecule has 2 aliphatic heterocycles. The van der Waals surface area contributed by atoms with Crippen molar-refractivity contribution in [3.63, 3.8) is 0 Å². The molecule has 2 saturated heterocycles. The number of carbonyl (C=O) groups excluding carboxylic acids is 2. The summed E-state index contributed by atoms with van der Waals surface area (Å²) in [6.45, 7) is 4.17. The number of carbonyl (C=O) groups is 2. The molecule has 0 unspecified atom stereocenters. The maximum Gasteiger partial charge on any atom is 0.455 e. The van der Waals surface area contributed by atoms with E-state index >= 15 is 0 Å². The number of amides is 2. The van der Waals surface area contributed by atoms with Crippen LogP contribution < -0.4 is 0 Å². The predicted molar refractivity (Wildman–Crippen MR) is 123 cm³/mol. The average molecular weight is 437 g/mol. The quantitative estimate of drug-likeness (QED) is 0.402. The zero-order chi connectivity index (χ0) is 23.0. The molecule has 2 amide bonds. The summed E-state index contributed by atoms with van der Waals surface area (Å²) in [7, 11) is 0.630. The first-order valence-corrected chi connectivity index (χ1v) is 11.7. The largest absolute Gasteiger partial charge is 0.507 e. The van der Waals surface area contributed by atoms with Gasteiger partial charge in [0.15, 0.2) is 0 Å². The van der Waals surface area contributed by atoms with Gasteiger partial charge in [0.05, 0.1) is 17.9 Å². The van der Waals surface area contributed by atoms with E-state index in [2.05, 4.69) is 13.8 Å². The molecule has 3 aliphatic rings. The standard InChI is InChI=1S/C25H32BNO5/c1-4-15(12-17-8-6-7-9-20(17)28)10-11-21-22-16(5-2)13-18-23(19(22)14-26(31)32-21)25(30)27(3)24(18)29/h6-9,12,18-19,21,23,28,31H,4-5,10-11,13-14H2,1-3H3/b15-12+/t18-,19+,21-,23-/m1/s1. The van der Waals surface area contributed by atoms with Crippen molar-refractivity contribution in [2.75, 3.05) is 7.05 Å². The number of allylic oxidation sites excluding steroid dienone is 2. The van der Waals surface area contributed by atoms with Gasteiger partial charge in [0.2, 0.25) is 11.8 Å². The van der Waals surface area contributed by atoms with Gasteiger partial charge in [0.25, 0.3) is 0 Å². The predicted octanol–water partition coefficient (Wildman–Crippen LogP) is 3.80. The minimum atomic E-state index is -0.938. The number of phenolic OH excluding ortho intramolecular Hbond substituents is 1. The number of phenols is 1. The Bertz CT molecular complexity index is 971. The van der Waals surface area contributed by atoms with Crippen LogP contribution in [0.5, 0.6) is 5.75 Å². The average Bonchev–Trinajstić information content (AvgIpc) is 3.00. The summed E-state index contributed by atoms with van der Waals surface area (Å²) in [5, 5.41) is 20.6. The highest BCUT2D eigenvalue weighted by molar-refractivity contribution is 6.43. The fourth-order valence-corrected chi connectivity index (χ4v) is 5.76. The molecule has 0 aromatic heterocycles. The highest BCUT2D eigenvalue weighted by Crippen LogP contribution is 2.50. The Kier molecular flexibility index (Phi) is 6.58. The Hall–Kier alpha value is -2.38. The fourth-order valence-electron chi connectivity index (χ4n) is 5.76. The van der Waals surface area contributed by atoms with Gasteiger partial charge >= 0.3 is 7.12 Å². The SMILES string of the molecule is CCC1=C2[C@@H](CC/C(=C/c3ccccc3O)CC)OB(O)C[C@@H]2[C@@H]2C(=O)N(C)C(=O)[C@@H]2C1. The Morgan fingerprint density at radius 3 is 2.66 bits per heavy atom. The van der Waals surface area contributed by atoms with Crippen LogP contribution >= 0.6 is 0 Å². The van der Waals surface area contributed by atoms with Gasteiger partial charge in [-0.05, 0) is 56.0 Å². The molecule has 1 aliphatic carbocycles. The topological polar surface area (TPSA) is 87.1 Å². The second-order valence-electron chi connectivity index (χ2n) is 9.16. The number of imide groups is 1. The van der Waals surface area contributed by atoms with Crippen molar-refractivity contribution in [3.05, 3.63) is 46.5 Å². The molecule has 7 heteroatoms. The molecule has 0 bridgehead atoms. The molecule has 0 spiro atoms. The minimum Gasteiger partial charge on any atom is -0.507 e. The molecular formula is C25H32BNO5. The summed E-state index contributed by atoms with van der Waals surface area (Å²) in [4.78, 5) is 26.8. The second-order valence-corrected chi connectivity index (χ2v) is 9.16. The Morgan fingerprint density at radius 2 is 1.97 bits per heavy atom. The van der Waals surface area contributed by atoms with Crippen LogP contribution in [0, 0.1) is 17.8 Å². The second kappa shape index (κ2) is 9.24. The maximum absolute atomic E-state index is 12.9. The van der Waals surface area contributed by atoms with Crippen LogP contribution in [0.1, 0.15) is 51.5 Å². The monoisotopic (exact) mass is 437 g/mol. The molecule has 4 atom stereocenters. The lowest BCUT2D eigenvalue weighted by Gasteiger charge is -2.43. The van der Waals surface area contributed by atoms with Gasteiger partial charge in [0, 0.05) is 12.6 Å².